The lowest BCUT2D eigenvalue weighted by Crippen LogP contribution is -2.50. The third-order valence-corrected chi connectivity index (χ3v) is 6.02. The van der Waals surface area contributed by atoms with Crippen LogP contribution in [0, 0.1) is 0 Å². The number of amides is 2. The Morgan fingerprint density at radius 2 is 1.51 bits per heavy atom. The Hall–Kier alpha value is -4.21. The molecule has 0 atom stereocenters. The molecule has 0 unspecified atom stereocenters. The molecule has 0 spiro atoms. The van der Waals surface area contributed by atoms with Crippen LogP contribution in [0.4, 0.5) is 16.3 Å². The van der Waals surface area contributed by atoms with Crippen LogP contribution in [0.1, 0.15) is 13.8 Å². The molecule has 4 rings (SSSR count). The van der Waals surface area contributed by atoms with Crippen molar-refractivity contribution in [3.8, 4) is 34.3 Å². The summed E-state index contributed by atoms with van der Waals surface area (Å²) in [6.07, 6.45) is 0. The van der Waals surface area contributed by atoms with Gasteiger partial charge in [0.25, 0.3) is 0 Å². The maximum absolute atomic E-state index is 12.9. The number of methoxy groups -OCH3 is 2. The van der Waals surface area contributed by atoms with Gasteiger partial charge in [-0.3, -0.25) is 0 Å². The van der Waals surface area contributed by atoms with Crippen LogP contribution in [0.15, 0.2) is 48.5 Å². The molecule has 10 nitrogen and oxygen atoms in total. The second-order valence-electron chi connectivity index (χ2n) is 8.28. The van der Waals surface area contributed by atoms with Gasteiger partial charge in [-0.25, -0.2) is 4.79 Å². The van der Waals surface area contributed by atoms with E-state index < -0.39 is 0 Å². The highest BCUT2D eigenvalue weighted by Gasteiger charge is 2.23. The van der Waals surface area contributed by atoms with Crippen LogP contribution in [0.5, 0.6) is 23.0 Å². The van der Waals surface area contributed by atoms with Crippen molar-refractivity contribution in [1.29, 1.82) is 0 Å². The van der Waals surface area contributed by atoms with Gasteiger partial charge in [0.05, 0.1) is 33.1 Å². The molecule has 2 aromatic carbocycles. The van der Waals surface area contributed by atoms with Crippen LogP contribution in [-0.4, -0.2) is 74.7 Å². The number of nitrogens with one attached hydrogen (secondary N) is 1. The van der Waals surface area contributed by atoms with E-state index in [9.17, 15) is 4.79 Å². The summed E-state index contributed by atoms with van der Waals surface area (Å²) < 4.78 is 21.9. The van der Waals surface area contributed by atoms with E-state index in [2.05, 4.69) is 20.4 Å². The van der Waals surface area contributed by atoms with Gasteiger partial charge in [-0.2, -0.15) is 0 Å². The Labute approximate surface area is 217 Å². The van der Waals surface area contributed by atoms with Crippen LogP contribution < -0.4 is 29.2 Å². The summed E-state index contributed by atoms with van der Waals surface area (Å²) in [4.78, 5) is 16.8. The fourth-order valence-electron chi connectivity index (χ4n) is 4.11. The van der Waals surface area contributed by atoms with Crippen molar-refractivity contribution >= 4 is 17.5 Å². The first-order chi connectivity index (χ1) is 18.1. The lowest BCUT2D eigenvalue weighted by molar-refractivity contribution is 0.208. The number of aromatic nitrogens is 2. The van der Waals surface area contributed by atoms with Crippen molar-refractivity contribution in [2.24, 2.45) is 0 Å². The average Bonchev–Trinajstić information content (AvgIpc) is 2.94. The van der Waals surface area contributed by atoms with Crippen molar-refractivity contribution in [3.05, 3.63) is 48.5 Å². The normalized spacial score (nSPS) is 13.2. The van der Waals surface area contributed by atoms with Crippen LogP contribution in [0.2, 0.25) is 0 Å². The Balaban J connectivity index is 1.34. The molecule has 37 heavy (non-hydrogen) atoms. The van der Waals surface area contributed by atoms with Crippen molar-refractivity contribution in [3.63, 3.8) is 0 Å². The SMILES string of the molecule is CCOc1ccc(NC(=O)N2CCN(c3ccc(-c4ccc(OC)c(OC)c4)nn3)CC2)cc1OCC. The molecule has 1 aliphatic rings. The first-order valence-corrected chi connectivity index (χ1v) is 12.3. The van der Waals surface area contributed by atoms with E-state index in [1.54, 1.807) is 25.2 Å². The van der Waals surface area contributed by atoms with Gasteiger partial charge < -0.3 is 34.1 Å². The molecule has 10 heteroatoms. The highest BCUT2D eigenvalue weighted by Crippen LogP contribution is 2.32. The van der Waals surface area contributed by atoms with Crippen molar-refractivity contribution in [1.82, 2.24) is 15.1 Å². The van der Waals surface area contributed by atoms with Gasteiger partial charge in [-0.05, 0) is 56.3 Å². The molecule has 196 valence electrons. The zero-order valence-corrected chi connectivity index (χ0v) is 21.7. The zero-order chi connectivity index (χ0) is 26.2. The van der Waals surface area contributed by atoms with Crippen molar-refractivity contribution in [2.45, 2.75) is 13.8 Å². The van der Waals surface area contributed by atoms with E-state index >= 15 is 0 Å². The largest absolute Gasteiger partial charge is 0.493 e. The smallest absolute Gasteiger partial charge is 0.321 e. The molecule has 1 aromatic heterocycles. The molecule has 0 radical (unpaired) electrons. The number of carbonyl (C=O) groups is 1. The first kappa shape index (κ1) is 25.9. The number of anilines is 2. The number of nitrogens with zero attached hydrogens (tertiary/aromatic N) is 4. The molecule has 2 heterocycles. The molecule has 0 bridgehead atoms. The first-order valence-electron chi connectivity index (χ1n) is 12.3. The molecule has 1 fully saturated rings. The monoisotopic (exact) mass is 507 g/mol. The lowest BCUT2D eigenvalue weighted by atomic mass is 10.1. The molecule has 0 aliphatic carbocycles. The van der Waals surface area contributed by atoms with Crippen LogP contribution in [0.3, 0.4) is 0 Å². The number of hydrogen-bond acceptors (Lipinski definition) is 8. The van der Waals surface area contributed by atoms with Gasteiger partial charge in [0.1, 0.15) is 0 Å². The third kappa shape index (κ3) is 6.14. The predicted molar refractivity (Wildman–Crippen MR) is 142 cm³/mol. The zero-order valence-electron chi connectivity index (χ0n) is 21.7. The Morgan fingerprint density at radius 3 is 2.16 bits per heavy atom. The predicted octanol–water partition coefficient (Wildman–Crippen LogP) is 4.31. The number of urea groups is 1. The minimum atomic E-state index is -0.152. The van der Waals surface area contributed by atoms with E-state index in [0.29, 0.717) is 68.1 Å². The van der Waals surface area contributed by atoms with Gasteiger partial charge in [-0.1, -0.05) is 0 Å². The topological polar surface area (TPSA) is 98.3 Å². The minimum Gasteiger partial charge on any atom is -0.493 e. The highest BCUT2D eigenvalue weighted by atomic mass is 16.5. The van der Waals surface area contributed by atoms with E-state index in [-0.39, 0.29) is 6.03 Å². The summed E-state index contributed by atoms with van der Waals surface area (Å²) in [5.41, 5.74) is 2.29. The molecular formula is C27H33N5O5. The Bertz CT molecular complexity index is 1200. The standard InChI is InChI=1S/C27H33N5O5/c1-5-36-23-11-8-20(18-25(23)37-6-2)28-27(33)32-15-13-31(14-16-32)26-12-9-21(29-30-26)19-7-10-22(34-3)24(17-19)35-4/h7-12,17-18H,5-6,13-16H2,1-4H3,(H,28,33). The van der Waals surface area contributed by atoms with Gasteiger partial charge >= 0.3 is 6.03 Å². The molecular weight excluding hydrogens is 474 g/mol. The van der Waals surface area contributed by atoms with Crippen LogP contribution >= 0.6 is 0 Å². The van der Waals surface area contributed by atoms with Crippen molar-refractivity contribution in [2.75, 3.05) is 63.8 Å². The number of ether oxygens (including phenoxy) is 4. The number of benzene rings is 2. The summed E-state index contributed by atoms with van der Waals surface area (Å²) in [5, 5.41) is 11.8. The third-order valence-electron chi connectivity index (χ3n) is 6.02. The fourth-order valence-corrected chi connectivity index (χ4v) is 4.11. The number of rotatable bonds is 9. The Kier molecular flexibility index (Phi) is 8.50. The summed E-state index contributed by atoms with van der Waals surface area (Å²) >= 11 is 0. The molecule has 1 N–H and O–H groups in total. The quantitative estimate of drug-likeness (QED) is 0.458. The second kappa shape index (κ2) is 12.2. The number of hydrogen-bond donors (Lipinski definition) is 1. The summed E-state index contributed by atoms with van der Waals surface area (Å²) in [6.45, 7) is 7.34. The van der Waals surface area contributed by atoms with Crippen molar-refractivity contribution < 1.29 is 23.7 Å². The van der Waals surface area contributed by atoms with E-state index in [1.807, 2.05) is 56.3 Å². The van der Waals surface area contributed by atoms with E-state index in [4.69, 9.17) is 18.9 Å². The summed E-state index contributed by atoms with van der Waals surface area (Å²) in [7, 11) is 3.21. The molecule has 3 aromatic rings. The fraction of sp³-hybridized carbons (Fsp3) is 0.370. The molecule has 1 aliphatic heterocycles. The number of carbonyl (C=O) groups excluding carboxylic acids is 1. The van der Waals surface area contributed by atoms with E-state index in [0.717, 1.165) is 17.1 Å². The van der Waals surface area contributed by atoms with Gasteiger partial charge in [-0.15, -0.1) is 10.2 Å². The second-order valence-corrected chi connectivity index (χ2v) is 8.28. The number of piperazine rings is 1. The molecule has 2 amide bonds. The van der Waals surface area contributed by atoms with Gasteiger partial charge in [0.15, 0.2) is 28.8 Å². The van der Waals surface area contributed by atoms with Gasteiger partial charge in [0, 0.05) is 43.5 Å². The average molecular weight is 508 g/mol. The lowest BCUT2D eigenvalue weighted by Gasteiger charge is -2.35. The maximum Gasteiger partial charge on any atom is 0.321 e. The van der Waals surface area contributed by atoms with E-state index in [1.165, 1.54) is 0 Å². The summed E-state index contributed by atoms with van der Waals surface area (Å²) in [6, 6.07) is 14.8. The van der Waals surface area contributed by atoms with Crippen LogP contribution in [0.25, 0.3) is 11.3 Å². The van der Waals surface area contributed by atoms with Gasteiger partial charge in [0.2, 0.25) is 0 Å². The highest BCUT2D eigenvalue weighted by molar-refractivity contribution is 5.90. The Morgan fingerprint density at radius 1 is 0.811 bits per heavy atom. The minimum absolute atomic E-state index is 0.152. The maximum atomic E-state index is 12.9. The molecule has 1 saturated heterocycles. The summed E-state index contributed by atoms with van der Waals surface area (Å²) in [5.74, 6) is 3.35. The molecule has 0 saturated carbocycles. The van der Waals surface area contributed by atoms with Crippen LogP contribution in [-0.2, 0) is 0 Å².